The van der Waals surface area contributed by atoms with Gasteiger partial charge in [0.05, 0.1) is 11.1 Å². The van der Waals surface area contributed by atoms with Gasteiger partial charge in [0.2, 0.25) is 0 Å². The number of ether oxygens (including phenoxy) is 1. The third kappa shape index (κ3) is 4.68. The topological polar surface area (TPSA) is 107 Å². The minimum atomic E-state index is -0.490. The number of piperidine rings is 1. The van der Waals surface area contributed by atoms with Crippen LogP contribution in [0.4, 0.5) is 5.82 Å². The van der Waals surface area contributed by atoms with Crippen LogP contribution < -0.4 is 5.73 Å². The van der Waals surface area contributed by atoms with Crippen molar-refractivity contribution in [3.8, 4) is 23.6 Å². The van der Waals surface area contributed by atoms with E-state index in [1.807, 2.05) is 35.0 Å². The number of amides is 1. The summed E-state index contributed by atoms with van der Waals surface area (Å²) in [6, 6.07) is 2.16. The van der Waals surface area contributed by atoms with Crippen LogP contribution in [0.25, 0.3) is 22.3 Å². The van der Waals surface area contributed by atoms with Crippen LogP contribution in [0, 0.1) is 12.3 Å². The number of fused-ring (bicyclic) bond motifs is 1. The van der Waals surface area contributed by atoms with E-state index in [2.05, 4.69) is 32.9 Å². The molecule has 5 rings (SSSR count). The van der Waals surface area contributed by atoms with Crippen molar-refractivity contribution in [2.45, 2.75) is 56.9 Å². The number of aromatic nitrogens is 5. The van der Waals surface area contributed by atoms with E-state index >= 15 is 0 Å². The first-order chi connectivity index (χ1) is 17.5. The number of nitrogens with two attached hydrogens (primary N) is 1. The maximum Gasteiger partial charge on any atom is 0.252 e. The number of terminal acetylenes is 1. The molecule has 0 bridgehead atoms. The third-order valence-electron chi connectivity index (χ3n) is 7.34. The average Bonchev–Trinajstić information content (AvgIpc) is 3.61. The van der Waals surface area contributed by atoms with E-state index in [4.69, 9.17) is 16.9 Å². The van der Waals surface area contributed by atoms with Gasteiger partial charge >= 0.3 is 0 Å². The normalized spacial score (nSPS) is 21.1. The van der Waals surface area contributed by atoms with Gasteiger partial charge in [-0.05, 0) is 58.3 Å². The summed E-state index contributed by atoms with van der Waals surface area (Å²) in [5, 5.41) is 5.29. The van der Waals surface area contributed by atoms with Gasteiger partial charge in [0.15, 0.2) is 0 Å². The molecule has 2 unspecified atom stereocenters. The second kappa shape index (κ2) is 10.3. The molecule has 36 heavy (non-hydrogen) atoms. The summed E-state index contributed by atoms with van der Waals surface area (Å²) in [5.74, 6) is 3.16. The SMILES string of the molecule is C#CCCCN(C(=O)C1CCC(n2cc(-c3ccn(C)n3)c3c(N)ncnc32)O1)C1CCN(C)CC1. The highest BCUT2D eigenvalue weighted by Crippen LogP contribution is 2.38. The molecule has 2 aliphatic heterocycles. The van der Waals surface area contributed by atoms with Crippen molar-refractivity contribution < 1.29 is 9.53 Å². The van der Waals surface area contributed by atoms with Crippen molar-refractivity contribution in [2.24, 2.45) is 7.05 Å². The predicted molar refractivity (Wildman–Crippen MR) is 138 cm³/mol. The Kier molecular flexibility index (Phi) is 6.94. The number of rotatable bonds is 7. The number of hydrogen-bond acceptors (Lipinski definition) is 7. The molecular formula is C26H34N8O2. The Bertz CT molecular complexity index is 1270. The zero-order valence-electron chi connectivity index (χ0n) is 21.0. The molecule has 0 aromatic carbocycles. The summed E-state index contributed by atoms with van der Waals surface area (Å²) >= 11 is 0. The van der Waals surface area contributed by atoms with E-state index in [1.165, 1.54) is 6.33 Å². The van der Waals surface area contributed by atoms with Crippen molar-refractivity contribution in [1.82, 2.24) is 34.1 Å². The highest BCUT2D eigenvalue weighted by atomic mass is 16.5. The Morgan fingerprint density at radius 2 is 2.06 bits per heavy atom. The Hall–Kier alpha value is -3.42. The zero-order chi connectivity index (χ0) is 25.2. The summed E-state index contributed by atoms with van der Waals surface area (Å²) in [6.45, 7) is 2.65. The molecule has 1 amide bonds. The minimum absolute atomic E-state index is 0.0691. The van der Waals surface area contributed by atoms with Crippen LogP contribution in [0.15, 0.2) is 24.8 Å². The molecule has 2 atom stereocenters. The van der Waals surface area contributed by atoms with Crippen LogP contribution in [0.1, 0.15) is 44.8 Å². The number of hydrogen-bond donors (Lipinski definition) is 1. The van der Waals surface area contributed by atoms with Crippen LogP contribution in [0.5, 0.6) is 0 Å². The van der Waals surface area contributed by atoms with Gasteiger partial charge in [-0.3, -0.25) is 9.48 Å². The Morgan fingerprint density at radius 1 is 1.25 bits per heavy atom. The first-order valence-electron chi connectivity index (χ1n) is 12.6. The lowest BCUT2D eigenvalue weighted by atomic mass is 10.0. The van der Waals surface area contributed by atoms with Crippen LogP contribution in [-0.4, -0.2) is 78.9 Å². The van der Waals surface area contributed by atoms with E-state index in [0.29, 0.717) is 37.3 Å². The lowest BCUT2D eigenvalue weighted by Crippen LogP contribution is -2.50. The van der Waals surface area contributed by atoms with Gasteiger partial charge in [-0.25, -0.2) is 9.97 Å². The predicted octanol–water partition coefficient (Wildman–Crippen LogP) is 2.43. The van der Waals surface area contributed by atoms with E-state index in [0.717, 1.165) is 49.0 Å². The van der Waals surface area contributed by atoms with Crippen molar-refractivity contribution in [2.75, 3.05) is 32.4 Å². The molecule has 0 radical (unpaired) electrons. The molecule has 2 aliphatic rings. The lowest BCUT2D eigenvalue weighted by Gasteiger charge is -2.38. The molecule has 5 heterocycles. The zero-order valence-corrected chi connectivity index (χ0v) is 21.0. The van der Waals surface area contributed by atoms with Gasteiger partial charge in [0.1, 0.15) is 30.1 Å². The maximum absolute atomic E-state index is 13.7. The number of nitrogen functional groups attached to an aromatic ring is 1. The van der Waals surface area contributed by atoms with Gasteiger partial charge in [-0.15, -0.1) is 12.3 Å². The fraction of sp³-hybridized carbons (Fsp3) is 0.538. The maximum atomic E-state index is 13.7. The van der Waals surface area contributed by atoms with Crippen molar-refractivity contribution in [3.05, 3.63) is 24.8 Å². The second-order valence-electron chi connectivity index (χ2n) is 9.81. The molecule has 2 N–H and O–H groups in total. The molecule has 0 spiro atoms. The first-order valence-corrected chi connectivity index (χ1v) is 12.6. The molecule has 10 nitrogen and oxygen atoms in total. The Balaban J connectivity index is 1.38. The van der Waals surface area contributed by atoms with Gasteiger partial charge in [0.25, 0.3) is 5.91 Å². The molecule has 2 fully saturated rings. The monoisotopic (exact) mass is 490 g/mol. The summed E-state index contributed by atoms with van der Waals surface area (Å²) < 4.78 is 10.1. The summed E-state index contributed by atoms with van der Waals surface area (Å²) in [7, 11) is 4.00. The summed E-state index contributed by atoms with van der Waals surface area (Å²) in [6.07, 6.45) is 14.8. The summed E-state index contributed by atoms with van der Waals surface area (Å²) in [4.78, 5) is 26.8. The number of carbonyl (C=O) groups excluding carboxylic acids is 1. The van der Waals surface area contributed by atoms with Crippen LogP contribution in [-0.2, 0) is 16.6 Å². The lowest BCUT2D eigenvalue weighted by molar-refractivity contribution is -0.148. The standard InChI is InChI=1S/C26H34N8O2/c1-4-5-6-12-33(18-9-13-31(2)14-10-18)26(35)21-7-8-22(36-21)34-16-19(20-11-15-32(3)30-20)23-24(27)28-17-29-25(23)34/h1,11,15-18,21-22H,5-10,12-14H2,2-3H3,(H2,27,28,29). The number of unbranched alkanes of at least 4 members (excludes halogenated alkanes) is 1. The fourth-order valence-corrected chi connectivity index (χ4v) is 5.40. The molecule has 0 saturated carbocycles. The molecular weight excluding hydrogens is 456 g/mol. The minimum Gasteiger partial charge on any atom is -0.383 e. The van der Waals surface area contributed by atoms with Crippen LogP contribution in [0.2, 0.25) is 0 Å². The van der Waals surface area contributed by atoms with E-state index in [1.54, 1.807) is 4.68 Å². The fourth-order valence-electron chi connectivity index (χ4n) is 5.40. The van der Waals surface area contributed by atoms with E-state index in [9.17, 15) is 4.79 Å². The van der Waals surface area contributed by atoms with Gasteiger partial charge in [-0.2, -0.15) is 5.10 Å². The van der Waals surface area contributed by atoms with Crippen LogP contribution >= 0.6 is 0 Å². The summed E-state index contributed by atoms with van der Waals surface area (Å²) in [5.41, 5.74) is 8.58. The molecule has 0 aliphatic carbocycles. The van der Waals surface area contributed by atoms with E-state index in [-0.39, 0.29) is 18.2 Å². The van der Waals surface area contributed by atoms with Gasteiger partial charge < -0.3 is 24.8 Å². The molecule has 3 aromatic heterocycles. The number of anilines is 1. The molecule has 2 saturated heterocycles. The first kappa shape index (κ1) is 24.3. The van der Waals surface area contributed by atoms with Gasteiger partial charge in [-0.1, -0.05) is 0 Å². The van der Waals surface area contributed by atoms with Crippen LogP contribution in [0.3, 0.4) is 0 Å². The molecule has 190 valence electrons. The number of aryl methyl sites for hydroxylation is 1. The van der Waals surface area contributed by atoms with Gasteiger partial charge in [0, 0.05) is 44.0 Å². The number of likely N-dealkylation sites (tertiary alicyclic amines) is 1. The Labute approximate surface area is 211 Å². The smallest absolute Gasteiger partial charge is 0.252 e. The van der Waals surface area contributed by atoms with Crippen molar-refractivity contribution in [3.63, 3.8) is 0 Å². The quantitative estimate of drug-likeness (QED) is 0.400. The number of nitrogens with zero attached hydrogens (tertiary/aromatic N) is 7. The molecule has 3 aromatic rings. The average molecular weight is 491 g/mol. The molecule has 10 heteroatoms. The number of carbonyl (C=O) groups is 1. The largest absolute Gasteiger partial charge is 0.383 e. The van der Waals surface area contributed by atoms with Crippen molar-refractivity contribution in [1.29, 1.82) is 0 Å². The third-order valence-corrected chi connectivity index (χ3v) is 7.34. The Morgan fingerprint density at radius 3 is 2.78 bits per heavy atom. The second-order valence-corrected chi connectivity index (χ2v) is 9.81. The highest BCUT2D eigenvalue weighted by molar-refractivity contribution is 5.99. The van der Waals surface area contributed by atoms with E-state index < -0.39 is 6.10 Å². The van der Waals surface area contributed by atoms with Crippen molar-refractivity contribution >= 4 is 22.8 Å². The highest BCUT2D eigenvalue weighted by Gasteiger charge is 2.38.